The van der Waals surface area contributed by atoms with Crippen LogP contribution < -0.4 is 0 Å². The standard InChI is InChI=1S/C15H23NS/c1-12-6-4-5-7-14(12)17-15(13-8-9-13)10-11-16(2)3/h4-7,13,15H,8-11H2,1-3H3. The molecule has 0 N–H and O–H groups in total. The molecule has 1 unspecified atom stereocenters. The first kappa shape index (κ1) is 13.0. The van der Waals surface area contributed by atoms with E-state index in [0.29, 0.717) is 0 Å². The molecule has 1 saturated carbocycles. The first-order chi connectivity index (χ1) is 8.16. The Balaban J connectivity index is 1.95. The molecule has 0 aliphatic heterocycles. The molecule has 94 valence electrons. The van der Waals surface area contributed by atoms with Crippen LogP contribution in [0.2, 0.25) is 0 Å². The SMILES string of the molecule is Cc1ccccc1SC(CCN(C)C)C1CC1. The van der Waals surface area contributed by atoms with E-state index >= 15 is 0 Å². The van der Waals surface area contributed by atoms with Crippen LogP contribution in [0, 0.1) is 12.8 Å². The van der Waals surface area contributed by atoms with Crippen LogP contribution in [-0.4, -0.2) is 30.8 Å². The predicted molar refractivity (Wildman–Crippen MR) is 76.7 cm³/mol. The van der Waals surface area contributed by atoms with E-state index in [1.165, 1.54) is 36.3 Å². The van der Waals surface area contributed by atoms with Crippen molar-refractivity contribution in [3.05, 3.63) is 29.8 Å². The average Bonchev–Trinajstić information content (AvgIpc) is 3.10. The fourth-order valence-electron chi connectivity index (χ4n) is 2.10. The molecule has 1 aromatic carbocycles. The third-order valence-electron chi connectivity index (χ3n) is 3.38. The van der Waals surface area contributed by atoms with Gasteiger partial charge in [0.1, 0.15) is 0 Å². The van der Waals surface area contributed by atoms with Crippen LogP contribution in [0.25, 0.3) is 0 Å². The molecule has 1 atom stereocenters. The van der Waals surface area contributed by atoms with Gasteiger partial charge in [-0.05, 0) is 64.4 Å². The van der Waals surface area contributed by atoms with E-state index in [2.05, 4.69) is 61.9 Å². The smallest absolute Gasteiger partial charge is 0.0135 e. The zero-order valence-electron chi connectivity index (χ0n) is 11.1. The van der Waals surface area contributed by atoms with Gasteiger partial charge in [-0.2, -0.15) is 0 Å². The molecule has 17 heavy (non-hydrogen) atoms. The van der Waals surface area contributed by atoms with Gasteiger partial charge in [-0.15, -0.1) is 11.8 Å². The lowest BCUT2D eigenvalue weighted by Crippen LogP contribution is -2.19. The molecule has 2 heteroatoms. The summed E-state index contributed by atoms with van der Waals surface area (Å²) in [5.74, 6) is 0.972. The molecule has 1 aromatic rings. The Morgan fingerprint density at radius 3 is 2.59 bits per heavy atom. The summed E-state index contributed by atoms with van der Waals surface area (Å²) in [7, 11) is 4.34. The van der Waals surface area contributed by atoms with Crippen molar-refractivity contribution in [2.45, 2.75) is 36.3 Å². The number of nitrogens with zero attached hydrogens (tertiary/aromatic N) is 1. The van der Waals surface area contributed by atoms with E-state index in [-0.39, 0.29) is 0 Å². The van der Waals surface area contributed by atoms with Gasteiger partial charge in [-0.1, -0.05) is 18.2 Å². The number of benzene rings is 1. The molecule has 1 aliphatic rings. The number of thioether (sulfide) groups is 1. The van der Waals surface area contributed by atoms with Crippen molar-refractivity contribution >= 4 is 11.8 Å². The van der Waals surface area contributed by atoms with E-state index in [4.69, 9.17) is 0 Å². The second-order valence-electron chi connectivity index (χ2n) is 5.35. The van der Waals surface area contributed by atoms with E-state index < -0.39 is 0 Å². The van der Waals surface area contributed by atoms with E-state index in [1.807, 2.05) is 0 Å². The summed E-state index contributed by atoms with van der Waals surface area (Å²) in [6, 6.07) is 8.78. The lowest BCUT2D eigenvalue weighted by molar-refractivity contribution is 0.392. The highest BCUT2D eigenvalue weighted by Crippen LogP contribution is 2.43. The van der Waals surface area contributed by atoms with E-state index in [1.54, 1.807) is 0 Å². The quantitative estimate of drug-likeness (QED) is 0.705. The second kappa shape index (κ2) is 5.92. The fraction of sp³-hybridized carbons (Fsp3) is 0.600. The van der Waals surface area contributed by atoms with Crippen molar-refractivity contribution < 1.29 is 0 Å². The lowest BCUT2D eigenvalue weighted by atomic mass is 10.2. The summed E-state index contributed by atoms with van der Waals surface area (Å²) < 4.78 is 0. The topological polar surface area (TPSA) is 3.24 Å². The second-order valence-corrected chi connectivity index (χ2v) is 6.63. The molecule has 1 nitrogen and oxygen atoms in total. The zero-order chi connectivity index (χ0) is 12.3. The average molecular weight is 249 g/mol. The van der Waals surface area contributed by atoms with Gasteiger partial charge in [-0.3, -0.25) is 0 Å². The van der Waals surface area contributed by atoms with Gasteiger partial charge in [-0.25, -0.2) is 0 Å². The van der Waals surface area contributed by atoms with E-state index in [9.17, 15) is 0 Å². The Morgan fingerprint density at radius 1 is 1.29 bits per heavy atom. The van der Waals surface area contributed by atoms with Gasteiger partial charge < -0.3 is 4.90 Å². The number of rotatable bonds is 6. The molecule has 2 rings (SSSR count). The predicted octanol–water partition coefficient (Wildman–Crippen LogP) is 3.82. The molecule has 0 spiro atoms. The molecular weight excluding hydrogens is 226 g/mol. The summed E-state index contributed by atoms with van der Waals surface area (Å²) in [4.78, 5) is 3.77. The van der Waals surface area contributed by atoms with Crippen LogP contribution in [0.3, 0.4) is 0 Å². The largest absolute Gasteiger partial charge is 0.309 e. The first-order valence-corrected chi connectivity index (χ1v) is 7.42. The summed E-state index contributed by atoms with van der Waals surface area (Å²) in [5, 5.41) is 0.818. The van der Waals surface area contributed by atoms with Crippen LogP contribution >= 0.6 is 11.8 Å². The third kappa shape index (κ3) is 4.04. The first-order valence-electron chi connectivity index (χ1n) is 6.54. The summed E-state index contributed by atoms with van der Waals surface area (Å²) in [5.41, 5.74) is 1.42. The highest BCUT2D eigenvalue weighted by Gasteiger charge is 2.31. The van der Waals surface area contributed by atoms with Crippen molar-refractivity contribution in [2.24, 2.45) is 5.92 Å². The van der Waals surface area contributed by atoms with Gasteiger partial charge in [0.2, 0.25) is 0 Å². The normalized spacial score (nSPS) is 17.4. The van der Waals surface area contributed by atoms with Gasteiger partial charge in [0.05, 0.1) is 0 Å². The van der Waals surface area contributed by atoms with Crippen molar-refractivity contribution in [2.75, 3.05) is 20.6 Å². The molecule has 1 fully saturated rings. The number of hydrogen-bond acceptors (Lipinski definition) is 2. The van der Waals surface area contributed by atoms with E-state index in [0.717, 1.165) is 11.2 Å². The fourth-order valence-corrected chi connectivity index (χ4v) is 3.52. The van der Waals surface area contributed by atoms with Gasteiger partial charge in [0.15, 0.2) is 0 Å². The molecule has 0 radical (unpaired) electrons. The van der Waals surface area contributed by atoms with Crippen LogP contribution in [-0.2, 0) is 0 Å². The Kier molecular flexibility index (Phi) is 4.52. The van der Waals surface area contributed by atoms with Crippen LogP contribution in [0.1, 0.15) is 24.8 Å². The summed E-state index contributed by atoms with van der Waals surface area (Å²) >= 11 is 2.10. The summed E-state index contributed by atoms with van der Waals surface area (Å²) in [6.45, 7) is 3.43. The Bertz CT molecular complexity index is 358. The molecule has 0 amide bonds. The molecule has 0 heterocycles. The minimum atomic E-state index is 0.818. The van der Waals surface area contributed by atoms with Crippen molar-refractivity contribution in [1.29, 1.82) is 0 Å². The molecule has 0 aromatic heterocycles. The molecule has 1 aliphatic carbocycles. The Morgan fingerprint density at radius 2 is 2.00 bits per heavy atom. The molecule has 0 bridgehead atoms. The monoisotopic (exact) mass is 249 g/mol. The highest BCUT2D eigenvalue weighted by atomic mass is 32.2. The number of aryl methyl sites for hydroxylation is 1. The number of hydrogen-bond donors (Lipinski definition) is 0. The van der Waals surface area contributed by atoms with Gasteiger partial charge >= 0.3 is 0 Å². The minimum absolute atomic E-state index is 0.818. The van der Waals surface area contributed by atoms with Crippen molar-refractivity contribution in [1.82, 2.24) is 4.90 Å². The Hall–Kier alpha value is -0.470. The Labute approximate surface area is 110 Å². The van der Waals surface area contributed by atoms with Gasteiger partial charge in [0, 0.05) is 10.1 Å². The van der Waals surface area contributed by atoms with Crippen LogP contribution in [0.15, 0.2) is 29.2 Å². The minimum Gasteiger partial charge on any atom is -0.309 e. The maximum Gasteiger partial charge on any atom is 0.0135 e. The van der Waals surface area contributed by atoms with Gasteiger partial charge in [0.25, 0.3) is 0 Å². The van der Waals surface area contributed by atoms with Crippen molar-refractivity contribution in [3.63, 3.8) is 0 Å². The summed E-state index contributed by atoms with van der Waals surface area (Å²) in [6.07, 6.45) is 4.20. The highest BCUT2D eigenvalue weighted by molar-refractivity contribution is 8.00. The maximum atomic E-state index is 2.30. The lowest BCUT2D eigenvalue weighted by Gasteiger charge is -2.19. The molecular formula is C15H23NS. The molecule has 0 saturated heterocycles. The zero-order valence-corrected chi connectivity index (χ0v) is 12.0. The maximum absolute atomic E-state index is 2.30. The van der Waals surface area contributed by atoms with Crippen LogP contribution in [0.4, 0.5) is 0 Å². The van der Waals surface area contributed by atoms with Crippen molar-refractivity contribution in [3.8, 4) is 0 Å². The third-order valence-corrected chi connectivity index (χ3v) is 5.02. The van der Waals surface area contributed by atoms with Crippen LogP contribution in [0.5, 0.6) is 0 Å².